The second-order valence-electron chi connectivity index (χ2n) is 6.05. The third-order valence-corrected chi connectivity index (χ3v) is 4.16. The SMILES string of the molecule is CN(C)C(=O)C[C@@H]1CN(c2cnc(-n3cccc3)cn2)C[C@H]1O. The number of aromatic nitrogens is 3. The van der Waals surface area contributed by atoms with Crippen molar-refractivity contribution in [3.05, 3.63) is 36.9 Å². The molecule has 122 valence electrons. The highest BCUT2D eigenvalue weighted by Crippen LogP contribution is 2.25. The maximum absolute atomic E-state index is 11.8. The predicted molar refractivity (Wildman–Crippen MR) is 86.4 cm³/mol. The molecule has 1 saturated heterocycles. The van der Waals surface area contributed by atoms with Crippen LogP contribution < -0.4 is 4.90 Å². The summed E-state index contributed by atoms with van der Waals surface area (Å²) in [6.07, 6.45) is 7.06. The first-order valence-electron chi connectivity index (χ1n) is 7.63. The van der Waals surface area contributed by atoms with Crippen molar-refractivity contribution < 1.29 is 9.90 Å². The van der Waals surface area contributed by atoms with Gasteiger partial charge in [0.25, 0.3) is 0 Å². The Balaban J connectivity index is 1.67. The summed E-state index contributed by atoms with van der Waals surface area (Å²) in [7, 11) is 3.46. The minimum absolute atomic E-state index is 0.0324. The molecule has 0 aromatic carbocycles. The van der Waals surface area contributed by atoms with E-state index in [1.165, 1.54) is 0 Å². The molecule has 0 bridgehead atoms. The maximum atomic E-state index is 11.8. The Morgan fingerprint density at radius 2 is 1.87 bits per heavy atom. The van der Waals surface area contributed by atoms with Crippen LogP contribution in [0.25, 0.3) is 5.82 Å². The second kappa shape index (κ2) is 6.37. The van der Waals surface area contributed by atoms with Crippen LogP contribution in [0.5, 0.6) is 0 Å². The molecule has 1 aliphatic heterocycles. The van der Waals surface area contributed by atoms with Crippen LogP contribution in [0.4, 0.5) is 5.82 Å². The number of anilines is 1. The Bertz CT molecular complexity index is 654. The monoisotopic (exact) mass is 315 g/mol. The van der Waals surface area contributed by atoms with Crippen molar-refractivity contribution in [1.29, 1.82) is 0 Å². The first kappa shape index (κ1) is 15.5. The van der Waals surface area contributed by atoms with Crippen LogP contribution >= 0.6 is 0 Å². The fourth-order valence-corrected chi connectivity index (χ4v) is 2.75. The van der Waals surface area contributed by atoms with Gasteiger partial charge in [0.15, 0.2) is 5.82 Å². The van der Waals surface area contributed by atoms with Crippen molar-refractivity contribution in [3.8, 4) is 5.82 Å². The Kier molecular flexibility index (Phi) is 4.29. The molecule has 23 heavy (non-hydrogen) atoms. The van der Waals surface area contributed by atoms with Gasteiger partial charge in [-0.3, -0.25) is 4.79 Å². The smallest absolute Gasteiger partial charge is 0.222 e. The van der Waals surface area contributed by atoms with Gasteiger partial charge in [-0.05, 0) is 12.1 Å². The lowest BCUT2D eigenvalue weighted by atomic mass is 10.0. The number of rotatable bonds is 4. The normalized spacial score (nSPS) is 20.7. The molecular formula is C16H21N5O2. The summed E-state index contributed by atoms with van der Waals surface area (Å²) >= 11 is 0. The van der Waals surface area contributed by atoms with Crippen LogP contribution in [0.3, 0.4) is 0 Å². The summed E-state index contributed by atoms with van der Waals surface area (Å²) < 4.78 is 1.88. The van der Waals surface area contributed by atoms with Crippen molar-refractivity contribution in [2.75, 3.05) is 32.1 Å². The van der Waals surface area contributed by atoms with Crippen molar-refractivity contribution >= 4 is 11.7 Å². The van der Waals surface area contributed by atoms with E-state index in [1.54, 1.807) is 31.4 Å². The number of carbonyl (C=O) groups excluding carboxylic acids is 1. The van der Waals surface area contributed by atoms with E-state index >= 15 is 0 Å². The number of carbonyl (C=O) groups is 1. The molecule has 1 aliphatic rings. The van der Waals surface area contributed by atoms with Crippen LogP contribution in [0.15, 0.2) is 36.9 Å². The molecule has 0 saturated carbocycles. The second-order valence-corrected chi connectivity index (χ2v) is 6.05. The zero-order chi connectivity index (χ0) is 16.4. The highest BCUT2D eigenvalue weighted by molar-refractivity contribution is 5.76. The lowest BCUT2D eigenvalue weighted by Crippen LogP contribution is -2.28. The van der Waals surface area contributed by atoms with Gasteiger partial charge in [0.1, 0.15) is 5.82 Å². The lowest BCUT2D eigenvalue weighted by Gasteiger charge is -2.17. The minimum atomic E-state index is -0.523. The molecule has 2 aromatic heterocycles. The van der Waals surface area contributed by atoms with E-state index in [4.69, 9.17) is 0 Å². The molecule has 0 aliphatic carbocycles. The fourth-order valence-electron chi connectivity index (χ4n) is 2.75. The number of aliphatic hydroxyl groups excluding tert-OH is 1. The number of hydrogen-bond acceptors (Lipinski definition) is 5. The van der Waals surface area contributed by atoms with Gasteiger partial charge >= 0.3 is 0 Å². The summed E-state index contributed by atoms with van der Waals surface area (Å²) in [6.45, 7) is 1.08. The molecule has 7 nitrogen and oxygen atoms in total. The number of amides is 1. The van der Waals surface area contributed by atoms with E-state index in [-0.39, 0.29) is 11.8 Å². The molecule has 0 unspecified atom stereocenters. The third-order valence-electron chi connectivity index (χ3n) is 4.16. The Hall–Kier alpha value is -2.41. The summed E-state index contributed by atoms with van der Waals surface area (Å²) in [4.78, 5) is 24.2. The molecule has 0 spiro atoms. The van der Waals surface area contributed by atoms with Gasteiger partial charge in [-0.2, -0.15) is 0 Å². The fraction of sp³-hybridized carbons (Fsp3) is 0.438. The van der Waals surface area contributed by atoms with Gasteiger partial charge in [0.05, 0.1) is 18.5 Å². The van der Waals surface area contributed by atoms with Crippen molar-refractivity contribution in [1.82, 2.24) is 19.4 Å². The van der Waals surface area contributed by atoms with Gasteiger partial charge in [-0.1, -0.05) is 0 Å². The molecule has 7 heteroatoms. The molecule has 1 amide bonds. The number of aliphatic hydroxyl groups is 1. The molecule has 1 fully saturated rings. The van der Waals surface area contributed by atoms with E-state index in [1.807, 2.05) is 34.0 Å². The Morgan fingerprint density at radius 3 is 2.48 bits per heavy atom. The summed E-state index contributed by atoms with van der Waals surface area (Å²) in [5.41, 5.74) is 0. The van der Waals surface area contributed by atoms with Crippen LogP contribution in [0.1, 0.15) is 6.42 Å². The molecule has 1 N–H and O–H groups in total. The molecule has 0 radical (unpaired) electrons. The maximum Gasteiger partial charge on any atom is 0.222 e. The molecule has 3 rings (SSSR count). The van der Waals surface area contributed by atoms with Crippen molar-refractivity contribution in [2.24, 2.45) is 5.92 Å². The van der Waals surface area contributed by atoms with Gasteiger partial charge in [0.2, 0.25) is 5.91 Å². The zero-order valence-electron chi connectivity index (χ0n) is 13.3. The molecule has 2 atom stereocenters. The Morgan fingerprint density at radius 1 is 1.22 bits per heavy atom. The Labute approximate surface area is 135 Å². The van der Waals surface area contributed by atoms with Gasteiger partial charge < -0.3 is 19.5 Å². The van der Waals surface area contributed by atoms with Crippen LogP contribution in [0.2, 0.25) is 0 Å². The van der Waals surface area contributed by atoms with Gasteiger partial charge in [-0.15, -0.1) is 0 Å². The average molecular weight is 315 g/mol. The zero-order valence-corrected chi connectivity index (χ0v) is 13.3. The highest BCUT2D eigenvalue weighted by atomic mass is 16.3. The topological polar surface area (TPSA) is 74.5 Å². The largest absolute Gasteiger partial charge is 0.391 e. The first-order chi connectivity index (χ1) is 11.0. The van der Waals surface area contributed by atoms with Crippen LogP contribution in [-0.4, -0.2) is 63.7 Å². The molecular weight excluding hydrogens is 294 g/mol. The van der Waals surface area contributed by atoms with E-state index < -0.39 is 6.10 Å². The predicted octanol–water partition coefficient (Wildman–Crippen LogP) is 0.543. The average Bonchev–Trinajstić information content (AvgIpc) is 3.18. The minimum Gasteiger partial charge on any atom is -0.391 e. The summed E-state index contributed by atoms with van der Waals surface area (Å²) in [6, 6.07) is 3.86. The molecule has 2 aromatic rings. The third kappa shape index (κ3) is 3.34. The number of β-amino-alcohol motifs (C(OH)–C–C–N with tert-alkyl or cyclic N) is 1. The van der Waals surface area contributed by atoms with Gasteiger partial charge in [-0.25, -0.2) is 9.97 Å². The summed E-state index contributed by atoms with van der Waals surface area (Å²) in [5, 5.41) is 10.2. The van der Waals surface area contributed by atoms with Crippen LogP contribution in [-0.2, 0) is 4.79 Å². The quantitative estimate of drug-likeness (QED) is 0.891. The standard InChI is InChI=1S/C16H21N5O2/c1-19(2)16(23)7-12-10-21(11-13(12)22)15-9-17-14(8-18-15)20-5-3-4-6-20/h3-6,8-9,12-13,22H,7,10-11H2,1-2H3/t12-,13-/m1/s1. The van der Waals surface area contributed by atoms with E-state index in [2.05, 4.69) is 9.97 Å². The van der Waals surface area contributed by atoms with E-state index in [0.717, 1.165) is 11.6 Å². The number of hydrogen-bond donors (Lipinski definition) is 1. The first-order valence-corrected chi connectivity index (χ1v) is 7.63. The van der Waals surface area contributed by atoms with Crippen molar-refractivity contribution in [2.45, 2.75) is 12.5 Å². The molecule has 3 heterocycles. The summed E-state index contributed by atoms with van der Waals surface area (Å²) in [5.74, 6) is 1.43. The lowest BCUT2D eigenvalue weighted by molar-refractivity contribution is -0.130. The number of nitrogens with zero attached hydrogens (tertiary/aromatic N) is 5. The van der Waals surface area contributed by atoms with Crippen molar-refractivity contribution in [3.63, 3.8) is 0 Å². The van der Waals surface area contributed by atoms with Crippen LogP contribution in [0, 0.1) is 5.92 Å². The van der Waals surface area contributed by atoms with Gasteiger partial charge in [0, 0.05) is 51.9 Å². The van der Waals surface area contributed by atoms with E-state index in [9.17, 15) is 9.90 Å². The highest BCUT2D eigenvalue weighted by Gasteiger charge is 2.33. The van der Waals surface area contributed by atoms with E-state index in [0.29, 0.717) is 19.5 Å².